The van der Waals surface area contributed by atoms with Gasteiger partial charge in [0.1, 0.15) is 17.1 Å². The van der Waals surface area contributed by atoms with Crippen molar-refractivity contribution in [3.8, 4) is 17.1 Å². The van der Waals surface area contributed by atoms with Crippen LogP contribution < -0.4 is 10.2 Å². The van der Waals surface area contributed by atoms with Crippen LogP contribution in [0.25, 0.3) is 22.3 Å². The molecule has 0 spiro atoms. The van der Waals surface area contributed by atoms with Crippen molar-refractivity contribution >= 4 is 16.9 Å². The smallest absolute Gasteiger partial charge is 0.338 e. The summed E-state index contributed by atoms with van der Waals surface area (Å²) in [4.78, 5) is 24.7. The summed E-state index contributed by atoms with van der Waals surface area (Å²) in [7, 11) is 0. The quantitative estimate of drug-likeness (QED) is 0.0274. The summed E-state index contributed by atoms with van der Waals surface area (Å²) in [5.74, 6) is 1.68. The van der Waals surface area contributed by atoms with Crippen molar-refractivity contribution in [1.29, 1.82) is 0 Å². The van der Waals surface area contributed by atoms with E-state index in [-0.39, 0.29) is 11.4 Å². The van der Waals surface area contributed by atoms with Crippen molar-refractivity contribution < 1.29 is 18.7 Å². The molecule has 0 bridgehead atoms. The molecule has 2 aromatic rings. The van der Waals surface area contributed by atoms with Crippen molar-refractivity contribution in [3.05, 3.63) is 88.1 Å². The van der Waals surface area contributed by atoms with E-state index < -0.39 is 0 Å². The van der Waals surface area contributed by atoms with Gasteiger partial charge in [-0.15, -0.1) is 0 Å². The lowest BCUT2D eigenvalue weighted by Crippen LogP contribution is -2.07. The first-order valence-electron chi connectivity index (χ1n) is 23.5. The average molecular weight is 781 g/mol. The predicted octanol–water partition coefficient (Wildman–Crippen LogP) is 15.8. The van der Waals surface area contributed by atoms with Gasteiger partial charge in [0.25, 0.3) is 0 Å². The van der Waals surface area contributed by atoms with Crippen LogP contribution in [-0.4, -0.2) is 19.2 Å². The van der Waals surface area contributed by atoms with Crippen LogP contribution in [0.4, 0.5) is 0 Å². The fourth-order valence-corrected chi connectivity index (χ4v) is 8.35. The molecule has 0 radical (unpaired) electrons. The minimum atomic E-state index is -0.236. The molecule has 0 fully saturated rings. The predicted molar refractivity (Wildman–Crippen MR) is 240 cm³/mol. The lowest BCUT2D eigenvalue weighted by atomic mass is 9.83. The number of fused-ring (bicyclic) bond motifs is 2. The van der Waals surface area contributed by atoms with E-state index in [2.05, 4.69) is 32.0 Å². The SMILES string of the molecule is CCCCCCCCCCCCCCCCOc1ccc2c(C(CCCCCCC)CCCCCCCCOC(=O)c3ccccc3)c3ccc(=O)cc-3oc2c1. The standard InChI is InChI=1S/C52H76O5/c1-3-5-7-9-10-11-12-13-14-15-16-18-22-29-39-55-46-36-38-48-50(42-46)57-49-41-45(53)35-37-47(49)51(48)43(31-25-20-8-6-4-2)32-26-21-17-19-23-30-40-56-52(54)44-33-27-24-28-34-44/h24,27-28,33-38,41-43H,3-23,25-26,29-32,39-40H2,1-2H3. The van der Waals surface area contributed by atoms with E-state index in [4.69, 9.17) is 13.9 Å². The Balaban J connectivity index is 1.26. The maximum atomic E-state index is 12.5. The number of carbonyl (C=O) groups excluding carboxylic acids is 1. The largest absolute Gasteiger partial charge is 0.493 e. The third kappa shape index (κ3) is 17.8. The molecule has 1 heterocycles. The minimum Gasteiger partial charge on any atom is -0.493 e. The Morgan fingerprint density at radius 2 is 1.09 bits per heavy atom. The van der Waals surface area contributed by atoms with Crippen molar-refractivity contribution in [1.82, 2.24) is 0 Å². The Bertz CT molecular complexity index is 1660. The third-order valence-electron chi connectivity index (χ3n) is 11.7. The highest BCUT2D eigenvalue weighted by Crippen LogP contribution is 2.42. The number of unbranched alkanes of at least 4 members (excludes halogenated alkanes) is 22. The first kappa shape index (κ1) is 46.1. The number of hydrogen-bond acceptors (Lipinski definition) is 5. The monoisotopic (exact) mass is 781 g/mol. The van der Waals surface area contributed by atoms with Crippen molar-refractivity contribution in [2.45, 2.75) is 193 Å². The zero-order chi connectivity index (χ0) is 40.2. The van der Waals surface area contributed by atoms with Crippen LogP contribution in [0.1, 0.15) is 209 Å². The second-order valence-electron chi connectivity index (χ2n) is 16.6. The van der Waals surface area contributed by atoms with E-state index in [1.54, 1.807) is 24.3 Å². The van der Waals surface area contributed by atoms with Crippen molar-refractivity contribution in [3.63, 3.8) is 0 Å². The maximum Gasteiger partial charge on any atom is 0.338 e. The van der Waals surface area contributed by atoms with Gasteiger partial charge in [0.15, 0.2) is 5.43 Å². The Labute approximate surface area is 346 Å². The van der Waals surface area contributed by atoms with Gasteiger partial charge in [-0.3, -0.25) is 4.79 Å². The van der Waals surface area contributed by atoms with Crippen LogP contribution in [0.5, 0.6) is 5.75 Å². The van der Waals surface area contributed by atoms with Crippen LogP contribution >= 0.6 is 0 Å². The van der Waals surface area contributed by atoms with Gasteiger partial charge in [0.2, 0.25) is 0 Å². The molecule has 0 N–H and O–H groups in total. The zero-order valence-electron chi connectivity index (χ0n) is 36.0. The first-order chi connectivity index (χ1) is 28.1. The van der Waals surface area contributed by atoms with Gasteiger partial charge >= 0.3 is 5.97 Å². The van der Waals surface area contributed by atoms with E-state index in [0.29, 0.717) is 30.5 Å². The summed E-state index contributed by atoms with van der Waals surface area (Å²) in [6, 6.07) is 20.9. The number of hydrogen-bond donors (Lipinski definition) is 0. The molecule has 1 unspecified atom stereocenters. The number of rotatable bonds is 33. The first-order valence-corrected chi connectivity index (χ1v) is 23.5. The fourth-order valence-electron chi connectivity index (χ4n) is 8.35. The van der Waals surface area contributed by atoms with E-state index in [1.165, 1.54) is 134 Å². The summed E-state index contributed by atoms with van der Waals surface area (Å²) in [5, 5.41) is 1.15. The average Bonchev–Trinajstić information content (AvgIpc) is 3.23. The summed E-state index contributed by atoms with van der Waals surface area (Å²) in [6.07, 6.45) is 34.1. The van der Waals surface area contributed by atoms with Crippen LogP contribution in [0.15, 0.2) is 75.9 Å². The van der Waals surface area contributed by atoms with Crippen LogP contribution in [0.3, 0.4) is 0 Å². The maximum absolute atomic E-state index is 12.5. The molecule has 2 aliphatic rings. The summed E-state index contributed by atoms with van der Waals surface area (Å²) in [5.41, 5.74) is 3.81. The lowest BCUT2D eigenvalue weighted by Gasteiger charge is -2.24. The van der Waals surface area contributed by atoms with Gasteiger partial charge in [-0.1, -0.05) is 180 Å². The fraction of sp³-hybridized carbons (Fsp3) is 0.615. The van der Waals surface area contributed by atoms with Gasteiger partial charge in [-0.2, -0.15) is 0 Å². The Morgan fingerprint density at radius 3 is 1.67 bits per heavy atom. The summed E-state index contributed by atoms with van der Waals surface area (Å²) < 4.78 is 18.2. The topological polar surface area (TPSA) is 65.7 Å². The molecule has 314 valence electrons. The molecule has 0 saturated heterocycles. The molecule has 1 atom stereocenters. The van der Waals surface area contributed by atoms with Gasteiger partial charge in [0.05, 0.1) is 18.8 Å². The third-order valence-corrected chi connectivity index (χ3v) is 11.7. The normalized spacial score (nSPS) is 12.0. The molecule has 1 aliphatic carbocycles. The van der Waals surface area contributed by atoms with Gasteiger partial charge < -0.3 is 13.9 Å². The van der Waals surface area contributed by atoms with Gasteiger partial charge in [-0.25, -0.2) is 4.79 Å². The van der Waals surface area contributed by atoms with Crippen molar-refractivity contribution in [2.75, 3.05) is 13.2 Å². The van der Waals surface area contributed by atoms with Crippen LogP contribution in [0.2, 0.25) is 0 Å². The number of benzene rings is 3. The molecule has 5 nitrogen and oxygen atoms in total. The van der Waals surface area contributed by atoms with E-state index in [9.17, 15) is 9.59 Å². The van der Waals surface area contributed by atoms with Gasteiger partial charge in [0, 0.05) is 23.1 Å². The molecular formula is C52H76O5. The highest BCUT2D eigenvalue weighted by Gasteiger charge is 2.23. The molecule has 5 heteroatoms. The van der Waals surface area contributed by atoms with E-state index >= 15 is 0 Å². The highest BCUT2D eigenvalue weighted by atomic mass is 16.5. The van der Waals surface area contributed by atoms with Crippen LogP contribution in [0, 0.1) is 0 Å². The molecule has 1 aliphatic heterocycles. The second-order valence-corrected chi connectivity index (χ2v) is 16.6. The number of esters is 1. The Kier molecular flexibility index (Phi) is 23.2. The number of ether oxygens (including phenoxy) is 2. The molecule has 0 aromatic heterocycles. The highest BCUT2D eigenvalue weighted by molar-refractivity contribution is 5.90. The summed E-state index contributed by atoms with van der Waals surface area (Å²) in [6.45, 7) is 5.75. The minimum absolute atomic E-state index is 0.0206. The molecule has 0 amide bonds. The molecule has 57 heavy (non-hydrogen) atoms. The molecule has 4 rings (SSSR count). The lowest BCUT2D eigenvalue weighted by molar-refractivity contribution is 0.0497. The van der Waals surface area contributed by atoms with E-state index in [0.717, 1.165) is 67.2 Å². The Morgan fingerprint density at radius 1 is 0.561 bits per heavy atom. The Hall–Kier alpha value is -3.60. The number of carbonyl (C=O) groups is 1. The molecular weight excluding hydrogens is 705 g/mol. The second kappa shape index (κ2) is 28.7. The molecule has 2 aromatic carbocycles. The van der Waals surface area contributed by atoms with Gasteiger partial charge in [-0.05, 0) is 73.6 Å². The van der Waals surface area contributed by atoms with E-state index in [1.807, 2.05) is 24.3 Å². The molecule has 0 saturated carbocycles. The van der Waals surface area contributed by atoms with Crippen LogP contribution in [-0.2, 0) is 4.74 Å². The summed E-state index contributed by atoms with van der Waals surface area (Å²) >= 11 is 0. The zero-order valence-corrected chi connectivity index (χ0v) is 36.0. The van der Waals surface area contributed by atoms with Crippen molar-refractivity contribution in [2.24, 2.45) is 0 Å².